The zero-order valence-electron chi connectivity index (χ0n) is 11.5. The van der Waals surface area contributed by atoms with E-state index in [4.69, 9.17) is 20.4 Å². The van der Waals surface area contributed by atoms with Crippen LogP contribution in [-0.2, 0) is 0 Å². The fourth-order valence-corrected chi connectivity index (χ4v) is 2.32. The molecule has 0 aromatic heterocycles. The van der Waals surface area contributed by atoms with Crippen molar-refractivity contribution in [2.24, 2.45) is 10.9 Å². The van der Waals surface area contributed by atoms with Gasteiger partial charge in [0, 0.05) is 24.6 Å². The summed E-state index contributed by atoms with van der Waals surface area (Å²) < 4.78 is 10.5. The van der Waals surface area contributed by atoms with Crippen molar-refractivity contribution in [3.8, 4) is 11.5 Å². The van der Waals surface area contributed by atoms with Crippen molar-refractivity contribution in [1.82, 2.24) is 4.90 Å². The maximum Gasteiger partial charge on any atom is 0.254 e. The van der Waals surface area contributed by atoms with Gasteiger partial charge in [-0.1, -0.05) is 5.16 Å². The lowest BCUT2D eigenvalue weighted by Gasteiger charge is -2.22. The number of carbonyl (C=O) groups excluding carboxylic acids is 1. The van der Waals surface area contributed by atoms with Gasteiger partial charge in [0.05, 0.1) is 0 Å². The lowest BCUT2D eigenvalue weighted by atomic mass is 10.1. The van der Waals surface area contributed by atoms with Crippen LogP contribution in [0.25, 0.3) is 0 Å². The Hall–Kier alpha value is -2.44. The SMILES string of the molecule is NC(CCN(C(=O)c1ccc2c(c1)OCO2)C1CC1)=NO. The van der Waals surface area contributed by atoms with E-state index < -0.39 is 0 Å². The second kappa shape index (κ2) is 5.51. The Morgan fingerprint density at radius 1 is 1.38 bits per heavy atom. The van der Waals surface area contributed by atoms with Crippen molar-refractivity contribution in [3.05, 3.63) is 23.8 Å². The van der Waals surface area contributed by atoms with Crippen LogP contribution in [0.15, 0.2) is 23.4 Å². The van der Waals surface area contributed by atoms with Crippen LogP contribution in [0.5, 0.6) is 11.5 Å². The van der Waals surface area contributed by atoms with Gasteiger partial charge in [-0.15, -0.1) is 0 Å². The Balaban J connectivity index is 1.74. The van der Waals surface area contributed by atoms with E-state index in [0.717, 1.165) is 12.8 Å². The number of ether oxygens (including phenoxy) is 2. The Morgan fingerprint density at radius 3 is 2.86 bits per heavy atom. The average Bonchev–Trinajstić information content (AvgIpc) is 3.23. The molecule has 3 rings (SSSR count). The highest BCUT2D eigenvalue weighted by Gasteiger charge is 2.33. The predicted octanol–water partition coefficient (Wildman–Crippen LogP) is 1.16. The fraction of sp³-hybridized carbons (Fsp3) is 0.429. The van der Waals surface area contributed by atoms with Crippen molar-refractivity contribution < 1.29 is 19.5 Å². The highest BCUT2D eigenvalue weighted by atomic mass is 16.7. The molecule has 2 aliphatic rings. The number of nitrogens with two attached hydrogens (primary N) is 1. The molecule has 0 bridgehead atoms. The minimum atomic E-state index is -0.0680. The summed E-state index contributed by atoms with van der Waals surface area (Å²) in [5.41, 5.74) is 6.04. The van der Waals surface area contributed by atoms with Crippen LogP contribution in [-0.4, -0.2) is 41.2 Å². The summed E-state index contributed by atoms with van der Waals surface area (Å²) in [6.45, 7) is 0.622. The number of benzene rings is 1. The standard InChI is InChI=1S/C14H17N3O4/c15-13(16-19)5-6-17(10-2-3-10)14(18)9-1-4-11-12(7-9)21-8-20-11/h1,4,7,10,19H,2-3,5-6,8H2,(H2,15,16). The molecule has 1 aromatic rings. The van der Waals surface area contributed by atoms with E-state index in [9.17, 15) is 4.79 Å². The van der Waals surface area contributed by atoms with Crippen LogP contribution in [0.4, 0.5) is 0 Å². The first-order valence-electron chi connectivity index (χ1n) is 6.86. The molecule has 7 nitrogen and oxygen atoms in total. The van der Waals surface area contributed by atoms with E-state index in [1.807, 2.05) is 0 Å². The van der Waals surface area contributed by atoms with Crippen LogP contribution >= 0.6 is 0 Å². The molecule has 1 amide bonds. The first-order chi connectivity index (χ1) is 10.2. The summed E-state index contributed by atoms with van der Waals surface area (Å²) in [7, 11) is 0. The van der Waals surface area contributed by atoms with E-state index in [-0.39, 0.29) is 24.6 Å². The Morgan fingerprint density at radius 2 is 2.14 bits per heavy atom. The second-order valence-electron chi connectivity index (χ2n) is 5.14. The number of hydrogen-bond acceptors (Lipinski definition) is 5. The molecule has 0 spiro atoms. The third-order valence-electron chi connectivity index (χ3n) is 3.61. The number of carbonyl (C=O) groups is 1. The molecule has 3 N–H and O–H groups in total. The number of fused-ring (bicyclic) bond motifs is 1. The summed E-state index contributed by atoms with van der Waals surface area (Å²) >= 11 is 0. The molecular formula is C14H17N3O4. The first-order valence-corrected chi connectivity index (χ1v) is 6.86. The molecule has 1 saturated carbocycles. The molecule has 0 atom stereocenters. The smallest absolute Gasteiger partial charge is 0.254 e. The van der Waals surface area contributed by atoms with Crippen LogP contribution < -0.4 is 15.2 Å². The maximum atomic E-state index is 12.6. The zero-order valence-corrected chi connectivity index (χ0v) is 11.5. The molecule has 7 heteroatoms. The normalized spacial score (nSPS) is 16.9. The average molecular weight is 291 g/mol. The van der Waals surface area contributed by atoms with Gasteiger partial charge in [0.15, 0.2) is 11.5 Å². The summed E-state index contributed by atoms with van der Waals surface area (Å²) in [4.78, 5) is 14.4. The van der Waals surface area contributed by atoms with Crippen molar-refractivity contribution in [2.75, 3.05) is 13.3 Å². The van der Waals surface area contributed by atoms with Crippen LogP contribution in [0.1, 0.15) is 29.6 Å². The number of oxime groups is 1. The molecule has 0 radical (unpaired) electrons. The zero-order chi connectivity index (χ0) is 14.8. The molecule has 0 unspecified atom stereocenters. The lowest BCUT2D eigenvalue weighted by Crippen LogP contribution is -2.35. The van der Waals surface area contributed by atoms with Gasteiger partial charge in [0.2, 0.25) is 6.79 Å². The van der Waals surface area contributed by atoms with Gasteiger partial charge in [-0.2, -0.15) is 0 Å². The van der Waals surface area contributed by atoms with Crippen LogP contribution in [0, 0.1) is 0 Å². The quantitative estimate of drug-likeness (QED) is 0.367. The van der Waals surface area contributed by atoms with Crippen molar-refractivity contribution in [1.29, 1.82) is 0 Å². The van der Waals surface area contributed by atoms with Gasteiger partial charge < -0.3 is 25.3 Å². The van der Waals surface area contributed by atoms with Gasteiger partial charge in [0.25, 0.3) is 5.91 Å². The van der Waals surface area contributed by atoms with E-state index in [1.54, 1.807) is 23.1 Å². The summed E-state index contributed by atoms with van der Waals surface area (Å²) in [6.07, 6.45) is 2.34. The second-order valence-corrected chi connectivity index (χ2v) is 5.14. The van der Waals surface area contributed by atoms with Crippen molar-refractivity contribution >= 4 is 11.7 Å². The first kappa shape index (κ1) is 13.5. The summed E-state index contributed by atoms with van der Waals surface area (Å²) in [5.74, 6) is 1.30. The van der Waals surface area contributed by atoms with Gasteiger partial charge in [-0.3, -0.25) is 4.79 Å². The number of hydrogen-bond donors (Lipinski definition) is 2. The van der Waals surface area contributed by atoms with E-state index in [2.05, 4.69) is 5.16 Å². The molecule has 1 fully saturated rings. The molecule has 1 aromatic carbocycles. The van der Waals surface area contributed by atoms with E-state index in [0.29, 0.717) is 30.0 Å². The monoisotopic (exact) mass is 291 g/mol. The number of amidine groups is 1. The van der Waals surface area contributed by atoms with Gasteiger partial charge in [-0.05, 0) is 31.0 Å². The van der Waals surface area contributed by atoms with E-state index >= 15 is 0 Å². The molecule has 1 aliphatic carbocycles. The van der Waals surface area contributed by atoms with E-state index in [1.165, 1.54) is 0 Å². The Labute approximate surface area is 121 Å². The van der Waals surface area contributed by atoms with Gasteiger partial charge in [0.1, 0.15) is 5.84 Å². The largest absolute Gasteiger partial charge is 0.454 e. The molecule has 0 saturated heterocycles. The third-order valence-corrected chi connectivity index (χ3v) is 3.61. The minimum Gasteiger partial charge on any atom is -0.454 e. The topological polar surface area (TPSA) is 97.4 Å². The highest BCUT2D eigenvalue weighted by molar-refractivity contribution is 5.95. The molecule has 1 aliphatic heterocycles. The Bertz CT molecular complexity index is 584. The summed E-state index contributed by atoms with van der Waals surface area (Å²) in [5, 5.41) is 11.5. The minimum absolute atomic E-state index is 0.0680. The summed E-state index contributed by atoms with van der Waals surface area (Å²) in [6, 6.07) is 5.41. The molecule has 1 heterocycles. The van der Waals surface area contributed by atoms with Crippen molar-refractivity contribution in [3.63, 3.8) is 0 Å². The maximum absolute atomic E-state index is 12.6. The Kier molecular flexibility index (Phi) is 3.55. The number of amides is 1. The van der Waals surface area contributed by atoms with Gasteiger partial charge >= 0.3 is 0 Å². The number of nitrogens with zero attached hydrogens (tertiary/aromatic N) is 2. The highest BCUT2D eigenvalue weighted by Crippen LogP contribution is 2.34. The third kappa shape index (κ3) is 2.86. The van der Waals surface area contributed by atoms with Crippen LogP contribution in [0.3, 0.4) is 0 Å². The molecule has 21 heavy (non-hydrogen) atoms. The van der Waals surface area contributed by atoms with Crippen molar-refractivity contribution in [2.45, 2.75) is 25.3 Å². The molecule has 112 valence electrons. The fourth-order valence-electron chi connectivity index (χ4n) is 2.32. The lowest BCUT2D eigenvalue weighted by molar-refractivity contribution is 0.0747. The number of rotatable bonds is 5. The van der Waals surface area contributed by atoms with Gasteiger partial charge in [-0.25, -0.2) is 0 Å². The van der Waals surface area contributed by atoms with Crippen LogP contribution in [0.2, 0.25) is 0 Å². The molecular weight excluding hydrogens is 274 g/mol. The predicted molar refractivity (Wildman–Crippen MR) is 74.6 cm³/mol.